The number of hydrogen-bond donors (Lipinski definition) is 1. The number of rotatable bonds is 5. The van der Waals surface area contributed by atoms with Gasteiger partial charge in [0.15, 0.2) is 0 Å². The molecule has 0 atom stereocenters. The minimum Gasteiger partial charge on any atom is -0.377 e. The van der Waals surface area contributed by atoms with Crippen LogP contribution in [-0.4, -0.2) is 39.3 Å². The molecule has 3 rings (SSSR count). The van der Waals surface area contributed by atoms with Crippen LogP contribution < -0.4 is 5.32 Å². The van der Waals surface area contributed by atoms with E-state index in [1.807, 2.05) is 6.07 Å². The minimum atomic E-state index is 0.650. The van der Waals surface area contributed by atoms with Crippen molar-refractivity contribution in [3.63, 3.8) is 0 Å². The van der Waals surface area contributed by atoms with Crippen molar-refractivity contribution in [1.29, 1.82) is 0 Å². The molecule has 0 unspecified atom stereocenters. The molecule has 2 aromatic rings. The highest BCUT2D eigenvalue weighted by Crippen LogP contribution is 2.14. The first kappa shape index (κ1) is 13.1. The Morgan fingerprint density at radius 2 is 2.40 bits per heavy atom. The average Bonchev–Trinajstić information content (AvgIpc) is 2.96. The molecule has 6 heteroatoms. The van der Waals surface area contributed by atoms with Crippen LogP contribution in [0, 0.1) is 0 Å². The Balaban J connectivity index is 1.70. The van der Waals surface area contributed by atoms with Gasteiger partial charge in [-0.2, -0.15) is 14.6 Å². The summed E-state index contributed by atoms with van der Waals surface area (Å²) in [5.74, 6) is 1.61. The Morgan fingerprint density at radius 3 is 3.20 bits per heavy atom. The third kappa shape index (κ3) is 2.80. The Kier molecular flexibility index (Phi) is 3.92. The first-order valence-corrected chi connectivity index (χ1v) is 7.06. The summed E-state index contributed by atoms with van der Waals surface area (Å²) < 4.78 is 7.06. The van der Waals surface area contributed by atoms with Crippen LogP contribution in [0.3, 0.4) is 0 Å². The molecule has 0 aromatic carbocycles. The molecule has 1 N–H and O–H groups in total. The first-order chi connectivity index (χ1) is 9.86. The second-order valence-corrected chi connectivity index (χ2v) is 4.82. The molecule has 3 heterocycles. The molecule has 0 bridgehead atoms. The van der Waals surface area contributed by atoms with E-state index in [-0.39, 0.29) is 0 Å². The SMILES string of the molecule is CCc1cc(NCCC2=CCOCC2)n2ncnc2n1. The van der Waals surface area contributed by atoms with Crippen LogP contribution in [0.1, 0.15) is 25.5 Å². The van der Waals surface area contributed by atoms with Crippen molar-refractivity contribution in [2.75, 3.05) is 25.1 Å². The van der Waals surface area contributed by atoms with Crippen molar-refractivity contribution >= 4 is 11.6 Å². The van der Waals surface area contributed by atoms with E-state index in [1.54, 1.807) is 4.52 Å². The highest BCUT2D eigenvalue weighted by Gasteiger charge is 2.07. The lowest BCUT2D eigenvalue weighted by molar-refractivity contribution is 0.153. The van der Waals surface area contributed by atoms with Crippen LogP contribution in [0.15, 0.2) is 24.0 Å². The molecule has 0 spiro atoms. The third-order valence-electron chi connectivity index (χ3n) is 3.48. The number of fused-ring (bicyclic) bond motifs is 1. The Hall–Kier alpha value is -1.95. The zero-order valence-electron chi connectivity index (χ0n) is 11.7. The highest BCUT2D eigenvalue weighted by molar-refractivity contribution is 5.45. The van der Waals surface area contributed by atoms with E-state index in [2.05, 4.69) is 33.4 Å². The van der Waals surface area contributed by atoms with Gasteiger partial charge in [0.05, 0.1) is 13.2 Å². The standard InChI is InChI=1S/C14H19N5O/c1-2-12-9-13(19-14(18-12)16-10-17-19)15-6-3-11-4-7-20-8-5-11/h4,9-10,15H,2-3,5-8H2,1H3. The maximum absolute atomic E-state index is 5.31. The minimum absolute atomic E-state index is 0.650. The summed E-state index contributed by atoms with van der Waals surface area (Å²) >= 11 is 0. The number of anilines is 1. The zero-order valence-corrected chi connectivity index (χ0v) is 11.7. The molecular formula is C14H19N5O. The lowest BCUT2D eigenvalue weighted by atomic mass is 10.1. The van der Waals surface area contributed by atoms with Gasteiger partial charge in [0.2, 0.25) is 0 Å². The van der Waals surface area contributed by atoms with Crippen molar-refractivity contribution in [1.82, 2.24) is 19.6 Å². The van der Waals surface area contributed by atoms with Crippen LogP contribution in [0.5, 0.6) is 0 Å². The number of hydrogen-bond acceptors (Lipinski definition) is 5. The van der Waals surface area contributed by atoms with E-state index in [4.69, 9.17) is 4.74 Å². The molecular weight excluding hydrogens is 254 g/mol. The quantitative estimate of drug-likeness (QED) is 0.842. The van der Waals surface area contributed by atoms with E-state index in [0.29, 0.717) is 5.78 Å². The molecule has 2 aromatic heterocycles. The van der Waals surface area contributed by atoms with Gasteiger partial charge in [-0.25, -0.2) is 4.98 Å². The summed E-state index contributed by atoms with van der Waals surface area (Å²) in [6, 6.07) is 2.04. The maximum Gasteiger partial charge on any atom is 0.254 e. The highest BCUT2D eigenvalue weighted by atomic mass is 16.5. The molecule has 0 saturated heterocycles. The monoisotopic (exact) mass is 273 g/mol. The summed E-state index contributed by atoms with van der Waals surface area (Å²) in [6.45, 7) is 4.56. The van der Waals surface area contributed by atoms with Crippen molar-refractivity contribution < 1.29 is 4.74 Å². The Bertz CT molecular complexity index is 619. The summed E-state index contributed by atoms with van der Waals surface area (Å²) in [7, 11) is 0. The van der Waals surface area contributed by atoms with Crippen molar-refractivity contribution in [3.05, 3.63) is 29.7 Å². The zero-order chi connectivity index (χ0) is 13.8. The summed E-state index contributed by atoms with van der Waals surface area (Å²) in [5.41, 5.74) is 2.49. The van der Waals surface area contributed by atoms with Gasteiger partial charge in [-0.05, 0) is 19.3 Å². The van der Waals surface area contributed by atoms with Crippen LogP contribution in [-0.2, 0) is 11.2 Å². The number of aromatic nitrogens is 4. The van der Waals surface area contributed by atoms with E-state index in [1.165, 1.54) is 11.9 Å². The lowest BCUT2D eigenvalue weighted by Crippen LogP contribution is -2.11. The first-order valence-electron chi connectivity index (χ1n) is 7.06. The fraction of sp³-hybridized carbons (Fsp3) is 0.500. The van der Waals surface area contributed by atoms with Crippen LogP contribution >= 0.6 is 0 Å². The molecule has 1 aliphatic rings. The van der Waals surface area contributed by atoms with Gasteiger partial charge in [-0.1, -0.05) is 18.6 Å². The van der Waals surface area contributed by atoms with Gasteiger partial charge in [0, 0.05) is 18.3 Å². The summed E-state index contributed by atoms with van der Waals surface area (Å²) in [5, 5.41) is 7.64. The van der Waals surface area contributed by atoms with Crippen molar-refractivity contribution in [2.24, 2.45) is 0 Å². The van der Waals surface area contributed by atoms with Crippen LogP contribution in [0.25, 0.3) is 5.78 Å². The topological polar surface area (TPSA) is 64.3 Å². The molecule has 20 heavy (non-hydrogen) atoms. The van der Waals surface area contributed by atoms with Gasteiger partial charge in [-0.3, -0.25) is 0 Å². The second-order valence-electron chi connectivity index (χ2n) is 4.82. The molecule has 0 amide bonds. The van der Waals surface area contributed by atoms with E-state index in [0.717, 1.165) is 50.5 Å². The molecule has 0 radical (unpaired) electrons. The predicted octanol–water partition coefficient (Wildman–Crippen LogP) is 1.84. The van der Waals surface area contributed by atoms with E-state index in [9.17, 15) is 0 Å². The van der Waals surface area contributed by atoms with Crippen LogP contribution in [0.2, 0.25) is 0 Å². The second kappa shape index (κ2) is 6.00. The van der Waals surface area contributed by atoms with Crippen molar-refractivity contribution in [3.8, 4) is 0 Å². The fourth-order valence-corrected chi connectivity index (χ4v) is 2.31. The Labute approximate surface area is 117 Å². The van der Waals surface area contributed by atoms with Gasteiger partial charge < -0.3 is 10.1 Å². The van der Waals surface area contributed by atoms with Gasteiger partial charge in [-0.15, -0.1) is 0 Å². The predicted molar refractivity (Wildman–Crippen MR) is 76.8 cm³/mol. The van der Waals surface area contributed by atoms with Gasteiger partial charge >= 0.3 is 0 Å². The van der Waals surface area contributed by atoms with E-state index >= 15 is 0 Å². The molecule has 0 saturated carbocycles. The molecule has 6 nitrogen and oxygen atoms in total. The number of nitrogens with one attached hydrogen (secondary N) is 1. The van der Waals surface area contributed by atoms with Crippen LogP contribution in [0.4, 0.5) is 5.82 Å². The largest absolute Gasteiger partial charge is 0.377 e. The number of aryl methyl sites for hydroxylation is 1. The normalized spacial score (nSPS) is 15.3. The molecule has 106 valence electrons. The Morgan fingerprint density at radius 1 is 1.45 bits per heavy atom. The molecule has 0 fully saturated rings. The molecule has 1 aliphatic heterocycles. The third-order valence-corrected chi connectivity index (χ3v) is 3.48. The number of ether oxygens (including phenoxy) is 1. The summed E-state index contributed by atoms with van der Waals surface area (Å²) in [4.78, 5) is 8.59. The smallest absolute Gasteiger partial charge is 0.254 e. The van der Waals surface area contributed by atoms with Crippen molar-refractivity contribution in [2.45, 2.75) is 26.2 Å². The molecule has 0 aliphatic carbocycles. The lowest BCUT2D eigenvalue weighted by Gasteiger charge is -2.14. The maximum atomic E-state index is 5.31. The number of nitrogens with zero attached hydrogens (tertiary/aromatic N) is 4. The van der Waals surface area contributed by atoms with E-state index < -0.39 is 0 Å². The van der Waals surface area contributed by atoms with Gasteiger partial charge in [0.25, 0.3) is 5.78 Å². The van der Waals surface area contributed by atoms with Gasteiger partial charge in [0.1, 0.15) is 12.1 Å². The average molecular weight is 273 g/mol. The summed E-state index contributed by atoms with van der Waals surface area (Å²) in [6.07, 6.45) is 6.68. The fourth-order valence-electron chi connectivity index (χ4n) is 2.31.